The Labute approximate surface area is 293 Å². The number of aryl methyl sites for hydroxylation is 2. The number of nitrogens with zero attached hydrogens (tertiary/aromatic N) is 10. The number of thiophene rings is 1. The number of amides is 1. The molecule has 3 saturated heterocycles. The van der Waals surface area contributed by atoms with Gasteiger partial charge in [-0.1, -0.05) is 11.6 Å². The Hall–Kier alpha value is -4.18. The second-order valence-electron chi connectivity index (χ2n) is 13.7. The Kier molecular flexibility index (Phi) is 8.80. The van der Waals surface area contributed by atoms with Gasteiger partial charge in [0, 0.05) is 64.0 Å². The number of ether oxygens (including phenoxy) is 1. The van der Waals surface area contributed by atoms with E-state index in [1.807, 2.05) is 11.8 Å². The second kappa shape index (κ2) is 12.9. The number of nitriles is 2. The van der Waals surface area contributed by atoms with Crippen LogP contribution in [-0.2, 0) is 13.1 Å². The van der Waals surface area contributed by atoms with Gasteiger partial charge < -0.3 is 25.2 Å². The summed E-state index contributed by atoms with van der Waals surface area (Å²) >= 11 is 8.21. The van der Waals surface area contributed by atoms with Crippen LogP contribution in [0.3, 0.4) is 0 Å². The Bertz CT molecular complexity index is 1880. The average Bonchev–Trinajstić information content (AvgIpc) is 3.86. The molecule has 13 nitrogen and oxygen atoms in total. The van der Waals surface area contributed by atoms with Gasteiger partial charge in [0.2, 0.25) is 0 Å². The molecule has 0 aliphatic carbocycles. The molecule has 1 unspecified atom stereocenters. The largest absolute Gasteiger partial charge is 0.461 e. The van der Waals surface area contributed by atoms with Crippen LogP contribution in [0.1, 0.15) is 75.8 Å². The summed E-state index contributed by atoms with van der Waals surface area (Å²) in [6.45, 7) is 5.95. The van der Waals surface area contributed by atoms with Gasteiger partial charge in [0.25, 0.3) is 5.91 Å². The van der Waals surface area contributed by atoms with Crippen LogP contribution >= 0.6 is 22.9 Å². The summed E-state index contributed by atoms with van der Waals surface area (Å²) in [6.07, 6.45) is 2.74. The maximum Gasteiger partial charge on any atom is 0.320 e. The van der Waals surface area contributed by atoms with E-state index in [0.717, 1.165) is 36.2 Å². The molecule has 3 atom stereocenters. The zero-order valence-electron chi connectivity index (χ0n) is 27.9. The van der Waals surface area contributed by atoms with Gasteiger partial charge in [0.15, 0.2) is 17.3 Å². The smallest absolute Gasteiger partial charge is 0.320 e. The quantitative estimate of drug-likeness (QED) is 0.378. The number of aromatic nitrogens is 4. The van der Waals surface area contributed by atoms with E-state index in [-0.39, 0.29) is 41.7 Å². The van der Waals surface area contributed by atoms with E-state index in [9.17, 15) is 19.7 Å². The molecule has 4 aliphatic rings. The number of halogens is 2. The van der Waals surface area contributed by atoms with Crippen molar-refractivity contribution in [3.63, 3.8) is 0 Å². The molecule has 3 aromatic heterocycles. The SMILES string of the molecule is Cc1sc(N)c(C#N)c1C1CCN(c2nc(OC[C@@]34CCCN3C[C@H](F)C4)nc(N3CCCn4nc(C(=O)N(C)C)c(Cl)c4C3)c2C#N)C1. The predicted octanol–water partition coefficient (Wildman–Crippen LogP) is 4.08. The Morgan fingerprint density at radius 3 is 2.61 bits per heavy atom. The fraction of sp³-hybridized carbons (Fsp3) is 0.576. The van der Waals surface area contributed by atoms with Gasteiger partial charge in [-0.2, -0.15) is 25.6 Å². The van der Waals surface area contributed by atoms with E-state index in [0.29, 0.717) is 79.0 Å². The van der Waals surface area contributed by atoms with E-state index < -0.39 is 11.7 Å². The lowest BCUT2D eigenvalue weighted by Crippen LogP contribution is -2.43. The number of carbonyl (C=O) groups is 1. The standard InChI is InChI=1S/C33H39ClFN11O2S/c1-19-25(22(13-36)28(38)49-19)20-6-11-44(15-20)30-23(14-37)29(39-32(40-30)48-18-33-7-4-9-45(33)16-21(35)12-33)43-8-5-10-46-24(17-43)26(34)27(41-46)31(47)42(2)3/h20-21H,4-12,15-18,38H2,1-3H3/t20?,21-,33+/m1/s1. The van der Waals surface area contributed by atoms with Gasteiger partial charge in [-0.05, 0) is 44.7 Å². The molecule has 3 fully saturated rings. The maximum absolute atomic E-state index is 14.6. The van der Waals surface area contributed by atoms with E-state index in [4.69, 9.17) is 32.0 Å². The van der Waals surface area contributed by atoms with E-state index in [1.54, 1.807) is 18.8 Å². The molecule has 0 spiro atoms. The summed E-state index contributed by atoms with van der Waals surface area (Å²) < 4.78 is 22.7. The third kappa shape index (κ3) is 5.81. The van der Waals surface area contributed by atoms with Gasteiger partial charge in [-0.3, -0.25) is 14.4 Å². The van der Waals surface area contributed by atoms with Crippen molar-refractivity contribution in [2.45, 2.75) is 69.7 Å². The first kappa shape index (κ1) is 33.3. The Morgan fingerprint density at radius 2 is 1.88 bits per heavy atom. The van der Waals surface area contributed by atoms with Crippen LogP contribution in [-0.4, -0.2) is 101 Å². The first-order valence-corrected chi connectivity index (χ1v) is 17.8. The molecule has 16 heteroatoms. The third-order valence-electron chi connectivity index (χ3n) is 10.4. The minimum absolute atomic E-state index is 0.0300. The molecular weight excluding hydrogens is 669 g/mol. The van der Waals surface area contributed by atoms with Gasteiger partial charge in [-0.15, -0.1) is 11.3 Å². The van der Waals surface area contributed by atoms with E-state index >= 15 is 0 Å². The minimum Gasteiger partial charge on any atom is -0.461 e. The maximum atomic E-state index is 14.6. The van der Waals surface area contributed by atoms with Crippen molar-refractivity contribution in [3.05, 3.63) is 38.0 Å². The zero-order valence-corrected chi connectivity index (χ0v) is 29.4. The summed E-state index contributed by atoms with van der Waals surface area (Å²) in [5.41, 5.74) is 8.41. The van der Waals surface area contributed by atoms with Crippen molar-refractivity contribution in [2.75, 3.05) is 69.0 Å². The summed E-state index contributed by atoms with van der Waals surface area (Å²) in [7, 11) is 3.31. The lowest BCUT2D eigenvalue weighted by molar-refractivity contribution is 0.0821. The molecule has 3 aromatic rings. The van der Waals surface area contributed by atoms with Crippen molar-refractivity contribution in [1.82, 2.24) is 29.5 Å². The summed E-state index contributed by atoms with van der Waals surface area (Å²) in [6, 6.07) is 4.80. The van der Waals surface area contributed by atoms with Crippen LogP contribution < -0.4 is 20.3 Å². The fourth-order valence-corrected chi connectivity index (χ4v) is 9.32. The molecule has 0 radical (unpaired) electrons. The molecule has 7 rings (SSSR count). The van der Waals surface area contributed by atoms with Crippen molar-refractivity contribution in [2.24, 2.45) is 0 Å². The number of carbonyl (C=O) groups excluding carboxylic acids is 1. The number of anilines is 3. The third-order valence-corrected chi connectivity index (χ3v) is 11.7. The monoisotopic (exact) mass is 707 g/mol. The van der Waals surface area contributed by atoms with Crippen LogP contribution in [0, 0.1) is 29.6 Å². The lowest BCUT2D eigenvalue weighted by Gasteiger charge is -2.31. The van der Waals surface area contributed by atoms with Crippen LogP contribution in [0.4, 0.5) is 21.0 Å². The Balaban J connectivity index is 1.26. The van der Waals surface area contributed by atoms with Crippen LogP contribution in [0.2, 0.25) is 5.02 Å². The second-order valence-corrected chi connectivity index (χ2v) is 15.3. The van der Waals surface area contributed by atoms with Crippen molar-refractivity contribution in [3.8, 4) is 18.1 Å². The molecule has 1 amide bonds. The van der Waals surface area contributed by atoms with Crippen LogP contribution in [0.25, 0.3) is 0 Å². The number of fused-ring (bicyclic) bond motifs is 2. The average molecular weight is 708 g/mol. The molecule has 7 heterocycles. The topological polar surface area (TPSA) is 156 Å². The number of alkyl halides is 1. The molecule has 0 bridgehead atoms. The summed E-state index contributed by atoms with van der Waals surface area (Å²) in [5, 5.41) is 25.9. The molecule has 258 valence electrons. The van der Waals surface area contributed by atoms with Crippen molar-refractivity contribution in [1.29, 1.82) is 10.5 Å². The fourth-order valence-electron chi connectivity index (χ4n) is 8.07. The normalized spacial score (nSPS) is 23.6. The highest BCUT2D eigenvalue weighted by atomic mass is 35.5. The lowest BCUT2D eigenvalue weighted by atomic mass is 9.95. The number of nitrogens with two attached hydrogens (primary N) is 1. The molecule has 4 aliphatic heterocycles. The van der Waals surface area contributed by atoms with Gasteiger partial charge in [-0.25, -0.2) is 4.39 Å². The zero-order chi connectivity index (χ0) is 34.6. The number of hydrogen-bond acceptors (Lipinski definition) is 12. The van der Waals surface area contributed by atoms with Gasteiger partial charge in [0.05, 0.1) is 28.4 Å². The highest BCUT2D eigenvalue weighted by molar-refractivity contribution is 7.16. The summed E-state index contributed by atoms with van der Waals surface area (Å²) in [5.74, 6) is 0.597. The molecule has 0 aromatic carbocycles. The van der Waals surface area contributed by atoms with Crippen LogP contribution in [0.5, 0.6) is 6.01 Å². The highest BCUT2D eigenvalue weighted by Gasteiger charge is 2.49. The minimum atomic E-state index is -0.901. The van der Waals surface area contributed by atoms with Gasteiger partial charge >= 0.3 is 6.01 Å². The summed E-state index contributed by atoms with van der Waals surface area (Å²) in [4.78, 5) is 31.2. The van der Waals surface area contributed by atoms with Crippen molar-refractivity contribution < 1.29 is 13.9 Å². The number of nitrogen functional groups attached to an aromatic ring is 1. The van der Waals surface area contributed by atoms with Crippen LogP contribution in [0.15, 0.2) is 0 Å². The first-order valence-electron chi connectivity index (χ1n) is 16.6. The molecule has 49 heavy (non-hydrogen) atoms. The van der Waals surface area contributed by atoms with E-state index in [2.05, 4.69) is 27.0 Å². The van der Waals surface area contributed by atoms with Crippen molar-refractivity contribution >= 4 is 45.5 Å². The highest BCUT2D eigenvalue weighted by Crippen LogP contribution is 2.43. The predicted molar refractivity (Wildman–Crippen MR) is 184 cm³/mol. The first-order chi connectivity index (χ1) is 23.5. The van der Waals surface area contributed by atoms with E-state index in [1.165, 1.54) is 16.2 Å². The number of rotatable bonds is 7. The Morgan fingerprint density at radius 1 is 1.12 bits per heavy atom. The molecular formula is C33H39ClFN11O2S. The number of hydrogen-bond donors (Lipinski definition) is 1. The van der Waals surface area contributed by atoms with Gasteiger partial charge in [0.1, 0.15) is 35.5 Å². The molecule has 0 saturated carbocycles. The molecule has 2 N–H and O–H groups in total.